The summed E-state index contributed by atoms with van der Waals surface area (Å²) in [4.78, 5) is 10.1. The molecule has 0 amide bonds. The number of nitrogens with zero attached hydrogens (tertiary/aromatic N) is 1. The zero-order valence-electron chi connectivity index (χ0n) is 9.68. The van der Waals surface area contributed by atoms with Crippen LogP contribution in [0.4, 0.5) is 11.4 Å². The fraction of sp³-hybridized carbons (Fsp3) is 0.455. The first-order chi connectivity index (χ1) is 7.95. The molecule has 1 unspecified atom stereocenters. The number of nitro benzene ring substituents is 1. The summed E-state index contributed by atoms with van der Waals surface area (Å²) in [5.74, 6) is 0.266. The van der Waals surface area contributed by atoms with Gasteiger partial charge in [0.25, 0.3) is 5.69 Å². The molecule has 1 atom stereocenters. The number of halogens is 1. The molecule has 1 aromatic rings. The van der Waals surface area contributed by atoms with Gasteiger partial charge < -0.3 is 10.4 Å². The van der Waals surface area contributed by atoms with Crippen LogP contribution in [0.25, 0.3) is 0 Å². The number of nitro groups is 1. The highest BCUT2D eigenvalue weighted by atomic mass is 79.9. The normalized spacial score (nSPS) is 12.5. The van der Waals surface area contributed by atoms with E-state index in [9.17, 15) is 15.2 Å². The van der Waals surface area contributed by atoms with Crippen LogP contribution in [0.1, 0.15) is 13.8 Å². The highest BCUT2D eigenvalue weighted by Gasteiger charge is 2.15. The first-order valence-corrected chi connectivity index (χ1v) is 6.06. The van der Waals surface area contributed by atoms with E-state index in [1.165, 1.54) is 12.1 Å². The largest absolute Gasteiger partial charge is 0.394 e. The molecule has 6 heteroatoms. The van der Waals surface area contributed by atoms with Gasteiger partial charge in [0.15, 0.2) is 0 Å². The molecule has 0 saturated carbocycles. The molecule has 0 fully saturated rings. The first kappa shape index (κ1) is 13.9. The number of benzene rings is 1. The van der Waals surface area contributed by atoms with Gasteiger partial charge in [0.05, 0.1) is 17.6 Å². The lowest BCUT2D eigenvalue weighted by Gasteiger charge is -2.21. The highest BCUT2D eigenvalue weighted by Crippen LogP contribution is 2.28. The van der Waals surface area contributed by atoms with Crippen molar-refractivity contribution < 1.29 is 10.0 Å². The molecule has 0 aliphatic carbocycles. The maximum Gasteiger partial charge on any atom is 0.270 e. The fourth-order valence-electron chi connectivity index (χ4n) is 1.36. The van der Waals surface area contributed by atoms with Crippen molar-refractivity contribution in [3.05, 3.63) is 32.8 Å². The van der Waals surface area contributed by atoms with E-state index in [4.69, 9.17) is 0 Å². The molecule has 1 aromatic carbocycles. The second kappa shape index (κ2) is 5.97. The lowest BCUT2D eigenvalue weighted by Crippen LogP contribution is -2.29. The topological polar surface area (TPSA) is 75.4 Å². The van der Waals surface area contributed by atoms with Crippen LogP contribution in [0.3, 0.4) is 0 Å². The van der Waals surface area contributed by atoms with Crippen LogP contribution in [-0.2, 0) is 0 Å². The maximum atomic E-state index is 10.6. The molecular formula is C11H15BrN2O3. The third-order valence-corrected chi connectivity index (χ3v) is 3.16. The number of aliphatic hydroxyl groups is 1. The molecule has 5 nitrogen and oxygen atoms in total. The second-order valence-corrected chi connectivity index (χ2v) is 4.95. The van der Waals surface area contributed by atoms with E-state index in [1.807, 2.05) is 13.8 Å². The van der Waals surface area contributed by atoms with Gasteiger partial charge in [0.1, 0.15) is 0 Å². The number of nitrogens with one attached hydrogen (secondary N) is 1. The van der Waals surface area contributed by atoms with Gasteiger partial charge in [-0.15, -0.1) is 0 Å². The zero-order chi connectivity index (χ0) is 13.0. The number of rotatable bonds is 5. The number of hydrogen-bond acceptors (Lipinski definition) is 4. The standard InChI is InChI=1S/C11H15BrN2O3/c1-7(2)11(6-15)13-10-4-3-8(14(16)17)5-9(10)12/h3-5,7,11,13,15H,6H2,1-2H3. The molecule has 0 bridgehead atoms. The summed E-state index contributed by atoms with van der Waals surface area (Å²) in [5, 5.41) is 22.9. The van der Waals surface area contributed by atoms with Crippen LogP contribution in [0.5, 0.6) is 0 Å². The average Bonchev–Trinajstić information content (AvgIpc) is 2.26. The van der Waals surface area contributed by atoms with Crippen molar-refractivity contribution in [2.75, 3.05) is 11.9 Å². The molecule has 17 heavy (non-hydrogen) atoms. The van der Waals surface area contributed by atoms with Crippen molar-refractivity contribution >= 4 is 27.3 Å². The van der Waals surface area contributed by atoms with E-state index >= 15 is 0 Å². The molecule has 0 heterocycles. The quantitative estimate of drug-likeness (QED) is 0.648. The van der Waals surface area contributed by atoms with Gasteiger partial charge in [-0.3, -0.25) is 10.1 Å². The number of aliphatic hydroxyl groups excluding tert-OH is 1. The second-order valence-electron chi connectivity index (χ2n) is 4.10. The predicted octanol–water partition coefficient (Wildman–Crippen LogP) is 2.79. The minimum Gasteiger partial charge on any atom is -0.394 e. The number of hydrogen-bond donors (Lipinski definition) is 2. The third kappa shape index (κ3) is 3.67. The van der Waals surface area contributed by atoms with E-state index in [0.717, 1.165) is 5.69 Å². The molecule has 0 saturated heterocycles. The summed E-state index contributed by atoms with van der Waals surface area (Å²) in [6.07, 6.45) is 0. The van der Waals surface area contributed by atoms with E-state index in [-0.39, 0.29) is 24.3 Å². The lowest BCUT2D eigenvalue weighted by molar-refractivity contribution is -0.384. The van der Waals surface area contributed by atoms with Crippen LogP contribution in [0.2, 0.25) is 0 Å². The van der Waals surface area contributed by atoms with Crippen molar-refractivity contribution in [2.45, 2.75) is 19.9 Å². The van der Waals surface area contributed by atoms with E-state index in [1.54, 1.807) is 6.07 Å². The average molecular weight is 303 g/mol. The Kier molecular flexibility index (Phi) is 4.89. The molecule has 0 aromatic heterocycles. The van der Waals surface area contributed by atoms with Gasteiger partial charge in [0, 0.05) is 22.3 Å². The summed E-state index contributed by atoms with van der Waals surface area (Å²) in [6, 6.07) is 4.43. The lowest BCUT2D eigenvalue weighted by atomic mass is 10.1. The summed E-state index contributed by atoms with van der Waals surface area (Å²) in [6.45, 7) is 4.00. The molecular weight excluding hydrogens is 288 g/mol. The Hall–Kier alpha value is -1.14. The van der Waals surface area contributed by atoms with Crippen LogP contribution >= 0.6 is 15.9 Å². The Morgan fingerprint density at radius 2 is 2.18 bits per heavy atom. The third-order valence-electron chi connectivity index (χ3n) is 2.51. The Labute approximate surface area is 108 Å². The molecule has 0 spiro atoms. The van der Waals surface area contributed by atoms with Crippen molar-refractivity contribution in [3.8, 4) is 0 Å². The van der Waals surface area contributed by atoms with Gasteiger partial charge in [-0.25, -0.2) is 0 Å². The van der Waals surface area contributed by atoms with Gasteiger partial charge >= 0.3 is 0 Å². The zero-order valence-corrected chi connectivity index (χ0v) is 11.3. The van der Waals surface area contributed by atoms with Gasteiger partial charge in [0.2, 0.25) is 0 Å². The van der Waals surface area contributed by atoms with E-state index in [0.29, 0.717) is 4.47 Å². The molecule has 0 radical (unpaired) electrons. The van der Waals surface area contributed by atoms with Gasteiger partial charge in [-0.2, -0.15) is 0 Å². The Morgan fingerprint density at radius 3 is 2.59 bits per heavy atom. The van der Waals surface area contributed by atoms with Crippen molar-refractivity contribution in [1.29, 1.82) is 0 Å². The van der Waals surface area contributed by atoms with Crippen LogP contribution in [0.15, 0.2) is 22.7 Å². The predicted molar refractivity (Wildman–Crippen MR) is 70.1 cm³/mol. The first-order valence-electron chi connectivity index (χ1n) is 5.27. The summed E-state index contributed by atoms with van der Waals surface area (Å²) < 4.78 is 0.616. The summed E-state index contributed by atoms with van der Waals surface area (Å²) >= 11 is 3.27. The fourth-order valence-corrected chi connectivity index (χ4v) is 1.84. The van der Waals surface area contributed by atoms with Crippen molar-refractivity contribution in [1.82, 2.24) is 0 Å². The Bertz CT molecular complexity index is 410. The minimum absolute atomic E-state index is 0.0150. The number of non-ortho nitro benzene ring substituents is 1. The van der Waals surface area contributed by atoms with Crippen molar-refractivity contribution in [2.24, 2.45) is 5.92 Å². The van der Waals surface area contributed by atoms with Gasteiger partial charge in [-0.05, 0) is 27.9 Å². The van der Waals surface area contributed by atoms with Crippen LogP contribution in [0, 0.1) is 16.0 Å². The van der Waals surface area contributed by atoms with Crippen LogP contribution in [-0.4, -0.2) is 22.7 Å². The molecule has 2 N–H and O–H groups in total. The summed E-state index contributed by atoms with van der Waals surface area (Å²) in [7, 11) is 0. The molecule has 0 aliphatic rings. The SMILES string of the molecule is CC(C)C(CO)Nc1ccc([N+](=O)[O-])cc1Br. The Morgan fingerprint density at radius 1 is 1.53 bits per heavy atom. The monoisotopic (exact) mass is 302 g/mol. The molecule has 94 valence electrons. The smallest absolute Gasteiger partial charge is 0.270 e. The highest BCUT2D eigenvalue weighted by molar-refractivity contribution is 9.10. The molecule has 0 aliphatic heterocycles. The summed E-state index contributed by atoms with van der Waals surface area (Å²) in [5.41, 5.74) is 0.774. The van der Waals surface area contributed by atoms with Crippen LogP contribution < -0.4 is 5.32 Å². The number of anilines is 1. The maximum absolute atomic E-state index is 10.6. The Balaban J connectivity index is 2.89. The van der Waals surface area contributed by atoms with Gasteiger partial charge in [-0.1, -0.05) is 13.8 Å². The minimum atomic E-state index is -0.444. The molecule has 1 rings (SSSR count). The van der Waals surface area contributed by atoms with E-state index in [2.05, 4.69) is 21.2 Å². The van der Waals surface area contributed by atoms with Crippen molar-refractivity contribution in [3.63, 3.8) is 0 Å². The van der Waals surface area contributed by atoms with E-state index < -0.39 is 4.92 Å².